The highest BCUT2D eigenvalue weighted by Crippen LogP contribution is 2.34. The minimum Gasteiger partial charge on any atom is -0.309 e. The Hall–Kier alpha value is -1.52. The lowest BCUT2D eigenvalue weighted by Gasteiger charge is -2.11. The van der Waals surface area contributed by atoms with E-state index in [0.29, 0.717) is 16.0 Å². The smallest absolute Gasteiger partial charge is 0.250 e. The zero-order chi connectivity index (χ0) is 15.1. The molecule has 1 unspecified atom stereocenters. The molecule has 4 nitrogen and oxygen atoms in total. The van der Waals surface area contributed by atoms with Crippen LogP contribution in [0.1, 0.15) is 26.3 Å². The minimum absolute atomic E-state index is 0.00638. The van der Waals surface area contributed by atoms with E-state index in [1.54, 1.807) is 16.8 Å². The molecule has 110 valence electrons. The molecule has 3 rings (SSSR count). The van der Waals surface area contributed by atoms with E-state index in [1.807, 2.05) is 12.1 Å². The van der Waals surface area contributed by atoms with Crippen LogP contribution >= 0.6 is 23.2 Å². The van der Waals surface area contributed by atoms with Crippen LogP contribution < -0.4 is 5.32 Å². The second-order valence-electron chi connectivity index (χ2n) is 5.62. The van der Waals surface area contributed by atoms with Gasteiger partial charge in [-0.1, -0.05) is 43.1 Å². The van der Waals surface area contributed by atoms with E-state index in [4.69, 9.17) is 23.2 Å². The highest BCUT2D eigenvalue weighted by Gasteiger charge is 2.32. The maximum atomic E-state index is 12.0. The number of amides is 1. The normalized spacial score (nSPS) is 17.2. The van der Waals surface area contributed by atoms with Gasteiger partial charge >= 0.3 is 0 Å². The molecule has 0 saturated carbocycles. The van der Waals surface area contributed by atoms with Crippen molar-refractivity contribution >= 4 is 34.9 Å². The molecule has 1 aliphatic heterocycles. The molecule has 0 radical (unpaired) electrons. The number of nitrogens with one attached hydrogen (secondary N) is 1. The van der Waals surface area contributed by atoms with Crippen LogP contribution in [0, 0.1) is 5.92 Å². The molecule has 0 fully saturated rings. The third kappa shape index (κ3) is 2.65. The maximum Gasteiger partial charge on any atom is 0.250 e. The van der Waals surface area contributed by atoms with Crippen molar-refractivity contribution in [2.24, 2.45) is 5.92 Å². The van der Waals surface area contributed by atoms with Crippen molar-refractivity contribution < 1.29 is 4.79 Å². The molecule has 0 saturated heterocycles. The van der Waals surface area contributed by atoms with Gasteiger partial charge < -0.3 is 5.32 Å². The monoisotopic (exact) mass is 323 g/mol. The van der Waals surface area contributed by atoms with Gasteiger partial charge in [0.2, 0.25) is 5.91 Å². The molecule has 1 aliphatic rings. The molecule has 1 aromatic heterocycles. The van der Waals surface area contributed by atoms with E-state index in [-0.39, 0.29) is 11.9 Å². The Kier molecular flexibility index (Phi) is 3.68. The summed E-state index contributed by atoms with van der Waals surface area (Å²) in [5, 5.41) is 8.42. The lowest BCUT2D eigenvalue weighted by Crippen LogP contribution is -2.18. The molecule has 0 aliphatic carbocycles. The second-order valence-corrected chi connectivity index (χ2v) is 6.44. The van der Waals surface area contributed by atoms with Crippen LogP contribution in [-0.4, -0.2) is 15.7 Å². The Morgan fingerprint density at radius 1 is 1.29 bits per heavy atom. The van der Waals surface area contributed by atoms with Crippen LogP contribution in [-0.2, 0) is 4.79 Å². The molecule has 0 bridgehead atoms. The lowest BCUT2D eigenvalue weighted by molar-refractivity contribution is -0.118. The predicted molar refractivity (Wildman–Crippen MR) is 84.8 cm³/mol. The number of nitrogens with zero attached hydrogens (tertiary/aromatic N) is 2. The average Bonchev–Trinajstić information content (AvgIpc) is 2.93. The number of benzene rings is 1. The summed E-state index contributed by atoms with van der Waals surface area (Å²) in [4.78, 5) is 12.0. The topological polar surface area (TPSA) is 46.9 Å². The molecule has 6 heteroatoms. The third-order valence-corrected chi connectivity index (χ3v) is 4.23. The van der Waals surface area contributed by atoms with E-state index in [9.17, 15) is 4.79 Å². The van der Waals surface area contributed by atoms with Gasteiger partial charge in [-0.3, -0.25) is 4.79 Å². The maximum absolute atomic E-state index is 12.0. The number of aromatic nitrogens is 2. The minimum atomic E-state index is -0.239. The number of anilines is 1. The summed E-state index contributed by atoms with van der Waals surface area (Å²) in [6.45, 7) is 4.18. The first kappa shape index (κ1) is 14.4. The van der Waals surface area contributed by atoms with Crippen molar-refractivity contribution in [3.05, 3.63) is 34.3 Å². The van der Waals surface area contributed by atoms with Gasteiger partial charge in [0.05, 0.1) is 15.7 Å². The summed E-state index contributed by atoms with van der Waals surface area (Å²) in [5.74, 6) is 1.16. The van der Waals surface area contributed by atoms with Crippen LogP contribution in [0.3, 0.4) is 0 Å². The Balaban J connectivity index is 1.96. The van der Waals surface area contributed by atoms with Gasteiger partial charge in [-0.25, -0.2) is 4.68 Å². The number of hydrogen-bond donors (Lipinski definition) is 1. The van der Waals surface area contributed by atoms with Gasteiger partial charge in [0.1, 0.15) is 11.9 Å². The fourth-order valence-corrected chi connectivity index (χ4v) is 2.79. The number of carbonyl (C=O) groups is 1. The van der Waals surface area contributed by atoms with E-state index in [1.165, 1.54) is 0 Å². The second kappa shape index (κ2) is 5.35. The van der Waals surface area contributed by atoms with E-state index >= 15 is 0 Å². The first-order valence-corrected chi connectivity index (χ1v) is 7.57. The highest BCUT2D eigenvalue weighted by atomic mass is 35.5. The van der Waals surface area contributed by atoms with Crippen LogP contribution in [0.2, 0.25) is 10.0 Å². The van der Waals surface area contributed by atoms with E-state index < -0.39 is 0 Å². The van der Waals surface area contributed by atoms with Crippen molar-refractivity contribution in [3.63, 3.8) is 0 Å². The van der Waals surface area contributed by atoms with Gasteiger partial charge in [-0.15, -0.1) is 0 Å². The molecule has 1 amide bonds. The quantitative estimate of drug-likeness (QED) is 0.910. The molecule has 21 heavy (non-hydrogen) atoms. The zero-order valence-corrected chi connectivity index (χ0v) is 13.2. The van der Waals surface area contributed by atoms with Crippen LogP contribution in [0.25, 0.3) is 11.3 Å². The first-order valence-electron chi connectivity index (χ1n) is 6.81. The molecular formula is C15H15Cl2N3O. The van der Waals surface area contributed by atoms with Gasteiger partial charge in [-0.05, 0) is 24.5 Å². The lowest BCUT2D eigenvalue weighted by atomic mass is 10.0. The van der Waals surface area contributed by atoms with Crippen molar-refractivity contribution in [1.82, 2.24) is 9.78 Å². The van der Waals surface area contributed by atoms with Crippen LogP contribution in [0.15, 0.2) is 24.3 Å². The Morgan fingerprint density at radius 3 is 2.71 bits per heavy atom. The molecule has 1 N–H and O–H groups in total. The highest BCUT2D eigenvalue weighted by molar-refractivity contribution is 6.42. The fraction of sp³-hybridized carbons (Fsp3) is 0.333. The molecule has 2 aromatic rings. The van der Waals surface area contributed by atoms with Crippen LogP contribution in [0.5, 0.6) is 0 Å². The molecule has 0 spiro atoms. The van der Waals surface area contributed by atoms with E-state index in [2.05, 4.69) is 24.3 Å². The van der Waals surface area contributed by atoms with E-state index in [0.717, 1.165) is 23.5 Å². The number of rotatable bonds is 3. The van der Waals surface area contributed by atoms with Crippen molar-refractivity contribution in [2.45, 2.75) is 26.3 Å². The van der Waals surface area contributed by atoms with Gasteiger partial charge in [0.25, 0.3) is 0 Å². The van der Waals surface area contributed by atoms with Crippen molar-refractivity contribution in [3.8, 4) is 11.3 Å². The summed E-state index contributed by atoms with van der Waals surface area (Å²) in [6.07, 6.45) is 0.765. The van der Waals surface area contributed by atoms with Gasteiger partial charge in [-0.2, -0.15) is 5.10 Å². The van der Waals surface area contributed by atoms with Crippen molar-refractivity contribution in [2.75, 3.05) is 5.32 Å². The number of fused-ring (bicyclic) bond motifs is 1. The van der Waals surface area contributed by atoms with Crippen molar-refractivity contribution in [1.29, 1.82) is 0 Å². The number of hydrogen-bond acceptors (Lipinski definition) is 2. The number of halogens is 2. The molecular weight excluding hydrogens is 309 g/mol. The summed E-state index contributed by atoms with van der Waals surface area (Å²) in [6, 6.07) is 7.01. The largest absolute Gasteiger partial charge is 0.309 e. The Bertz CT molecular complexity index is 709. The zero-order valence-electron chi connectivity index (χ0n) is 11.7. The summed E-state index contributed by atoms with van der Waals surface area (Å²) < 4.78 is 1.76. The van der Waals surface area contributed by atoms with Crippen LogP contribution in [0.4, 0.5) is 5.82 Å². The van der Waals surface area contributed by atoms with Gasteiger partial charge in [0, 0.05) is 11.6 Å². The molecule has 1 aromatic carbocycles. The summed E-state index contributed by atoms with van der Waals surface area (Å²) in [5.41, 5.74) is 1.65. The first-order chi connectivity index (χ1) is 9.95. The Morgan fingerprint density at radius 2 is 2.05 bits per heavy atom. The average molecular weight is 324 g/mol. The molecule has 2 heterocycles. The fourth-order valence-electron chi connectivity index (χ4n) is 2.50. The summed E-state index contributed by atoms with van der Waals surface area (Å²) in [7, 11) is 0. The molecule has 1 atom stereocenters. The SMILES string of the molecule is CC(C)CC1C(=O)Nc2cc(-c3ccc(Cl)c(Cl)c3)nn21. The van der Waals surface area contributed by atoms with Gasteiger partial charge in [0.15, 0.2) is 0 Å². The number of carbonyl (C=O) groups excluding carboxylic acids is 1. The Labute approximate surface area is 133 Å². The predicted octanol–water partition coefficient (Wildman–Crippen LogP) is 4.40. The third-order valence-electron chi connectivity index (χ3n) is 3.49. The standard InChI is InChI=1S/C15H15Cl2N3O/c1-8(2)5-13-15(21)18-14-7-12(19-20(13)14)9-3-4-10(16)11(17)6-9/h3-4,6-8,13H,5H2,1-2H3,(H,18,21). The summed E-state index contributed by atoms with van der Waals surface area (Å²) >= 11 is 12.0.